The highest BCUT2D eigenvalue weighted by atomic mass is 15.2. The van der Waals surface area contributed by atoms with Crippen molar-refractivity contribution in [3.05, 3.63) is 0 Å². The molecule has 3 unspecified atom stereocenters. The predicted molar refractivity (Wildman–Crippen MR) is 77.6 cm³/mol. The van der Waals surface area contributed by atoms with E-state index in [1.165, 1.54) is 51.9 Å². The highest BCUT2D eigenvalue weighted by molar-refractivity contribution is 4.87. The molecule has 0 bridgehead atoms. The summed E-state index contributed by atoms with van der Waals surface area (Å²) in [6.07, 6.45) is 5.36. The van der Waals surface area contributed by atoms with Gasteiger partial charge in [0.1, 0.15) is 0 Å². The maximum absolute atomic E-state index is 6.15. The minimum Gasteiger partial charge on any atom is -0.327 e. The van der Waals surface area contributed by atoms with Gasteiger partial charge in [0.2, 0.25) is 0 Å². The van der Waals surface area contributed by atoms with Crippen LogP contribution in [-0.4, -0.2) is 55.1 Å². The van der Waals surface area contributed by atoms with Crippen molar-refractivity contribution in [2.45, 2.75) is 51.6 Å². The monoisotopic (exact) mass is 253 g/mol. The Hall–Kier alpha value is -0.120. The molecule has 3 nitrogen and oxygen atoms in total. The van der Waals surface area contributed by atoms with Crippen LogP contribution in [0.1, 0.15) is 39.5 Å². The Bertz CT molecular complexity index is 248. The van der Waals surface area contributed by atoms with Crippen LogP contribution in [0.25, 0.3) is 0 Å². The molecule has 0 aromatic heterocycles. The molecule has 0 spiro atoms. The molecule has 18 heavy (non-hydrogen) atoms. The maximum atomic E-state index is 6.15. The van der Waals surface area contributed by atoms with E-state index in [9.17, 15) is 0 Å². The third-order valence-electron chi connectivity index (χ3n) is 5.42. The average Bonchev–Trinajstić information content (AvgIpc) is 2.37. The zero-order valence-electron chi connectivity index (χ0n) is 12.4. The van der Waals surface area contributed by atoms with Gasteiger partial charge >= 0.3 is 0 Å². The molecule has 0 aromatic rings. The molecule has 3 atom stereocenters. The molecule has 2 saturated heterocycles. The summed E-state index contributed by atoms with van der Waals surface area (Å²) >= 11 is 0. The van der Waals surface area contributed by atoms with Crippen LogP contribution in [-0.2, 0) is 0 Å². The fraction of sp³-hybridized carbons (Fsp3) is 1.00. The number of nitrogens with two attached hydrogens (primary N) is 1. The van der Waals surface area contributed by atoms with E-state index in [1.54, 1.807) is 0 Å². The largest absolute Gasteiger partial charge is 0.327 e. The van der Waals surface area contributed by atoms with E-state index in [0.717, 1.165) is 5.92 Å². The number of nitrogens with zero attached hydrogens (tertiary/aromatic N) is 2. The van der Waals surface area contributed by atoms with Gasteiger partial charge in [-0.05, 0) is 77.7 Å². The van der Waals surface area contributed by atoms with E-state index in [0.29, 0.717) is 18.0 Å². The van der Waals surface area contributed by atoms with Crippen LogP contribution in [0.2, 0.25) is 0 Å². The summed E-state index contributed by atoms with van der Waals surface area (Å²) in [5, 5.41) is 0. The summed E-state index contributed by atoms with van der Waals surface area (Å²) in [5.74, 6) is 1.61. The van der Waals surface area contributed by atoms with Gasteiger partial charge in [-0.2, -0.15) is 0 Å². The molecule has 2 rings (SSSR count). The van der Waals surface area contributed by atoms with E-state index in [2.05, 4.69) is 30.7 Å². The van der Waals surface area contributed by atoms with Crippen molar-refractivity contribution in [3.63, 3.8) is 0 Å². The highest BCUT2D eigenvalue weighted by Gasteiger charge is 2.30. The molecular weight excluding hydrogens is 222 g/mol. The topological polar surface area (TPSA) is 32.5 Å². The van der Waals surface area contributed by atoms with E-state index < -0.39 is 0 Å². The summed E-state index contributed by atoms with van der Waals surface area (Å²) < 4.78 is 0. The summed E-state index contributed by atoms with van der Waals surface area (Å²) in [5.41, 5.74) is 6.15. The zero-order valence-corrected chi connectivity index (χ0v) is 12.4. The molecule has 2 aliphatic heterocycles. The van der Waals surface area contributed by atoms with Crippen LogP contribution in [0.3, 0.4) is 0 Å². The Morgan fingerprint density at radius 2 is 1.72 bits per heavy atom. The van der Waals surface area contributed by atoms with Gasteiger partial charge in [0.25, 0.3) is 0 Å². The first-order chi connectivity index (χ1) is 8.58. The lowest BCUT2D eigenvalue weighted by Crippen LogP contribution is -2.52. The Morgan fingerprint density at radius 3 is 2.39 bits per heavy atom. The van der Waals surface area contributed by atoms with Gasteiger partial charge in [0.05, 0.1) is 0 Å². The molecule has 0 saturated carbocycles. The molecule has 0 radical (unpaired) electrons. The highest BCUT2D eigenvalue weighted by Crippen LogP contribution is 2.25. The second-order valence-corrected chi connectivity index (χ2v) is 6.62. The Labute approximate surface area is 113 Å². The Kier molecular flexibility index (Phi) is 5.05. The molecule has 2 N–H and O–H groups in total. The number of likely N-dealkylation sites (tertiary alicyclic amines) is 2. The lowest BCUT2D eigenvalue weighted by atomic mass is 9.86. The third kappa shape index (κ3) is 3.46. The molecule has 0 amide bonds. The molecule has 106 valence electrons. The van der Waals surface area contributed by atoms with Gasteiger partial charge in [0.15, 0.2) is 0 Å². The molecule has 3 heteroatoms. The van der Waals surface area contributed by atoms with Crippen molar-refractivity contribution in [1.82, 2.24) is 9.80 Å². The van der Waals surface area contributed by atoms with Crippen molar-refractivity contribution in [2.24, 2.45) is 17.6 Å². The molecule has 2 aliphatic rings. The van der Waals surface area contributed by atoms with E-state index >= 15 is 0 Å². The quantitative estimate of drug-likeness (QED) is 0.832. The van der Waals surface area contributed by atoms with E-state index in [-0.39, 0.29) is 0 Å². The lowest BCUT2D eigenvalue weighted by Gasteiger charge is -2.42. The molecular formula is C15H31N3. The van der Waals surface area contributed by atoms with Crippen molar-refractivity contribution < 1.29 is 0 Å². The van der Waals surface area contributed by atoms with Gasteiger partial charge in [-0.3, -0.25) is 0 Å². The van der Waals surface area contributed by atoms with Crippen molar-refractivity contribution in [2.75, 3.05) is 33.2 Å². The smallest absolute Gasteiger partial charge is 0.0107 e. The normalized spacial score (nSPS) is 37.0. The van der Waals surface area contributed by atoms with Crippen molar-refractivity contribution in [3.8, 4) is 0 Å². The summed E-state index contributed by atoms with van der Waals surface area (Å²) in [6.45, 7) is 9.75. The first kappa shape index (κ1) is 14.3. The predicted octanol–water partition coefficient (Wildman–Crippen LogP) is 1.78. The van der Waals surface area contributed by atoms with Crippen LogP contribution in [0.5, 0.6) is 0 Å². The summed E-state index contributed by atoms with van der Waals surface area (Å²) in [4.78, 5) is 5.13. The zero-order chi connectivity index (χ0) is 13.1. The maximum Gasteiger partial charge on any atom is 0.0107 e. The second-order valence-electron chi connectivity index (χ2n) is 6.62. The summed E-state index contributed by atoms with van der Waals surface area (Å²) in [6, 6.07) is 1.08. The minimum atomic E-state index is 0.416. The fourth-order valence-electron chi connectivity index (χ4n) is 3.49. The Morgan fingerprint density at radius 1 is 1.06 bits per heavy atom. The minimum absolute atomic E-state index is 0.416. The number of hydrogen-bond donors (Lipinski definition) is 1. The van der Waals surface area contributed by atoms with Crippen LogP contribution in [0, 0.1) is 11.8 Å². The molecule has 2 heterocycles. The van der Waals surface area contributed by atoms with Crippen LogP contribution < -0.4 is 5.73 Å². The third-order valence-corrected chi connectivity index (χ3v) is 5.42. The van der Waals surface area contributed by atoms with Crippen LogP contribution in [0.15, 0.2) is 0 Å². The molecule has 0 aliphatic carbocycles. The van der Waals surface area contributed by atoms with Gasteiger partial charge in [-0.15, -0.1) is 0 Å². The first-order valence-corrected chi connectivity index (χ1v) is 7.76. The van der Waals surface area contributed by atoms with Crippen LogP contribution >= 0.6 is 0 Å². The van der Waals surface area contributed by atoms with E-state index in [1.807, 2.05) is 0 Å². The average molecular weight is 253 g/mol. The number of rotatable bonds is 3. The van der Waals surface area contributed by atoms with Gasteiger partial charge in [-0.1, -0.05) is 6.92 Å². The first-order valence-electron chi connectivity index (χ1n) is 7.76. The SMILES string of the molecule is CC1C(N)CCN(CCC2CCN(C)CC2)C1C. The summed E-state index contributed by atoms with van der Waals surface area (Å²) in [7, 11) is 2.24. The number of piperidine rings is 2. The Balaban J connectivity index is 1.73. The van der Waals surface area contributed by atoms with Crippen molar-refractivity contribution in [1.29, 1.82) is 0 Å². The molecule has 2 fully saturated rings. The molecule has 0 aromatic carbocycles. The standard InChI is InChI=1S/C15H31N3/c1-12-13(2)18(11-7-15(12)16)10-6-14-4-8-17(3)9-5-14/h12-15H,4-11,16H2,1-3H3. The lowest BCUT2D eigenvalue weighted by molar-refractivity contribution is 0.0860. The second kappa shape index (κ2) is 6.36. The van der Waals surface area contributed by atoms with E-state index in [4.69, 9.17) is 5.73 Å². The van der Waals surface area contributed by atoms with Crippen LogP contribution in [0.4, 0.5) is 0 Å². The fourth-order valence-corrected chi connectivity index (χ4v) is 3.49. The van der Waals surface area contributed by atoms with Crippen molar-refractivity contribution >= 4 is 0 Å². The number of hydrogen-bond acceptors (Lipinski definition) is 3. The van der Waals surface area contributed by atoms with Gasteiger partial charge in [0, 0.05) is 12.1 Å². The van der Waals surface area contributed by atoms with Gasteiger partial charge in [-0.25, -0.2) is 0 Å². The van der Waals surface area contributed by atoms with Gasteiger partial charge < -0.3 is 15.5 Å².